The summed E-state index contributed by atoms with van der Waals surface area (Å²) in [6, 6.07) is 13.0. The molecule has 0 N–H and O–H groups in total. The van der Waals surface area contributed by atoms with E-state index in [1.54, 1.807) is 37.3 Å². The molecule has 0 spiro atoms. The lowest BCUT2D eigenvalue weighted by Crippen LogP contribution is -2.10. The van der Waals surface area contributed by atoms with Crippen LogP contribution in [0.3, 0.4) is 0 Å². The van der Waals surface area contributed by atoms with Crippen LogP contribution in [0.1, 0.15) is 5.56 Å². The molecule has 0 aliphatic heterocycles. The van der Waals surface area contributed by atoms with Crippen molar-refractivity contribution in [3.63, 3.8) is 0 Å². The Morgan fingerprint density at radius 1 is 0.947 bits per heavy atom. The molecular formula is C14H14O4S. The van der Waals surface area contributed by atoms with Crippen LogP contribution in [0.4, 0.5) is 0 Å². The van der Waals surface area contributed by atoms with E-state index in [9.17, 15) is 8.42 Å². The molecule has 0 radical (unpaired) electrons. The summed E-state index contributed by atoms with van der Waals surface area (Å²) in [6.45, 7) is 1.79. The molecule has 4 nitrogen and oxygen atoms in total. The van der Waals surface area contributed by atoms with E-state index in [-0.39, 0.29) is 4.90 Å². The minimum Gasteiger partial charge on any atom is -0.497 e. The zero-order valence-corrected chi connectivity index (χ0v) is 11.5. The van der Waals surface area contributed by atoms with Crippen LogP contribution in [0.25, 0.3) is 0 Å². The molecule has 0 saturated carbocycles. The van der Waals surface area contributed by atoms with Crippen molar-refractivity contribution in [1.29, 1.82) is 0 Å². The highest BCUT2D eigenvalue weighted by Gasteiger charge is 2.17. The van der Waals surface area contributed by atoms with Crippen molar-refractivity contribution in [2.75, 3.05) is 7.11 Å². The summed E-state index contributed by atoms with van der Waals surface area (Å²) in [5.41, 5.74) is 0.764. The van der Waals surface area contributed by atoms with E-state index in [1.165, 1.54) is 19.2 Å². The standard InChI is InChI=1S/C14H14O4S/c1-11-5-3-4-6-14(11)18-19(15,16)13-9-7-12(17-2)8-10-13/h3-10H,1-2H3. The maximum absolute atomic E-state index is 12.1. The molecule has 0 unspecified atom stereocenters. The molecule has 0 fully saturated rings. The van der Waals surface area contributed by atoms with Gasteiger partial charge in [0.2, 0.25) is 0 Å². The smallest absolute Gasteiger partial charge is 0.339 e. The second-order valence-corrected chi connectivity index (χ2v) is 5.52. The minimum atomic E-state index is -3.82. The predicted molar refractivity (Wildman–Crippen MR) is 72.0 cm³/mol. The van der Waals surface area contributed by atoms with Gasteiger partial charge in [0.1, 0.15) is 16.4 Å². The van der Waals surface area contributed by atoms with Crippen LogP contribution in [-0.2, 0) is 10.1 Å². The second kappa shape index (κ2) is 5.32. The summed E-state index contributed by atoms with van der Waals surface area (Å²) >= 11 is 0. The van der Waals surface area contributed by atoms with E-state index in [4.69, 9.17) is 8.92 Å². The molecule has 2 aromatic carbocycles. The monoisotopic (exact) mass is 278 g/mol. The molecule has 0 amide bonds. The summed E-state index contributed by atoms with van der Waals surface area (Å²) in [6.07, 6.45) is 0. The highest BCUT2D eigenvalue weighted by molar-refractivity contribution is 7.87. The zero-order valence-electron chi connectivity index (χ0n) is 10.7. The quantitative estimate of drug-likeness (QED) is 0.807. The van der Waals surface area contributed by atoms with Crippen molar-refractivity contribution in [2.24, 2.45) is 0 Å². The third-order valence-corrected chi connectivity index (χ3v) is 3.89. The molecule has 0 saturated heterocycles. The van der Waals surface area contributed by atoms with Gasteiger partial charge in [0.15, 0.2) is 0 Å². The third-order valence-electron chi connectivity index (χ3n) is 2.64. The Hall–Kier alpha value is -2.01. The topological polar surface area (TPSA) is 52.6 Å². The number of ether oxygens (including phenoxy) is 1. The van der Waals surface area contributed by atoms with E-state index in [0.29, 0.717) is 11.5 Å². The number of rotatable bonds is 4. The predicted octanol–water partition coefficient (Wildman–Crippen LogP) is 2.77. The van der Waals surface area contributed by atoms with Gasteiger partial charge in [-0.25, -0.2) is 0 Å². The van der Waals surface area contributed by atoms with E-state index in [2.05, 4.69) is 0 Å². The number of hydrogen-bond donors (Lipinski definition) is 0. The molecule has 0 atom stereocenters. The highest BCUT2D eigenvalue weighted by atomic mass is 32.2. The summed E-state index contributed by atoms with van der Waals surface area (Å²) in [7, 11) is -2.30. The Kier molecular flexibility index (Phi) is 3.76. The van der Waals surface area contributed by atoms with Gasteiger partial charge >= 0.3 is 10.1 Å². The fraction of sp³-hybridized carbons (Fsp3) is 0.143. The van der Waals surface area contributed by atoms with Crippen molar-refractivity contribution in [3.8, 4) is 11.5 Å². The summed E-state index contributed by atoms with van der Waals surface area (Å²) in [5.74, 6) is 0.924. The highest BCUT2D eigenvalue weighted by Crippen LogP contribution is 2.23. The summed E-state index contributed by atoms with van der Waals surface area (Å²) < 4.78 is 34.3. The number of benzene rings is 2. The van der Waals surface area contributed by atoms with Crippen LogP contribution >= 0.6 is 0 Å². The number of hydrogen-bond acceptors (Lipinski definition) is 4. The Labute approximate surface area is 112 Å². The van der Waals surface area contributed by atoms with E-state index >= 15 is 0 Å². The summed E-state index contributed by atoms with van der Waals surface area (Å²) in [5, 5.41) is 0. The molecule has 0 aromatic heterocycles. The van der Waals surface area contributed by atoms with Gasteiger partial charge in [0.05, 0.1) is 7.11 Å². The molecule has 0 aliphatic rings. The second-order valence-electron chi connectivity index (χ2n) is 3.98. The van der Waals surface area contributed by atoms with E-state index in [0.717, 1.165) is 5.56 Å². The van der Waals surface area contributed by atoms with Crippen LogP contribution in [0, 0.1) is 6.92 Å². The lowest BCUT2D eigenvalue weighted by atomic mass is 10.2. The average Bonchev–Trinajstić information content (AvgIpc) is 2.41. The van der Waals surface area contributed by atoms with Crippen LogP contribution < -0.4 is 8.92 Å². The van der Waals surface area contributed by atoms with Gasteiger partial charge in [-0.1, -0.05) is 18.2 Å². The number of aryl methyl sites for hydroxylation is 1. The first-order valence-electron chi connectivity index (χ1n) is 5.67. The lowest BCUT2D eigenvalue weighted by Gasteiger charge is -2.09. The molecule has 5 heteroatoms. The zero-order chi connectivity index (χ0) is 13.9. The largest absolute Gasteiger partial charge is 0.497 e. The van der Waals surface area contributed by atoms with Crippen molar-refractivity contribution in [3.05, 3.63) is 54.1 Å². The number of methoxy groups -OCH3 is 1. The van der Waals surface area contributed by atoms with Gasteiger partial charge in [0.25, 0.3) is 0 Å². The Morgan fingerprint density at radius 3 is 2.16 bits per heavy atom. The first-order chi connectivity index (χ1) is 9.03. The van der Waals surface area contributed by atoms with Crippen molar-refractivity contribution < 1.29 is 17.3 Å². The average molecular weight is 278 g/mol. The fourth-order valence-corrected chi connectivity index (χ4v) is 2.55. The maximum Gasteiger partial charge on any atom is 0.339 e. The molecule has 0 bridgehead atoms. The van der Waals surface area contributed by atoms with E-state index < -0.39 is 10.1 Å². The third kappa shape index (κ3) is 3.06. The first-order valence-corrected chi connectivity index (χ1v) is 7.08. The molecule has 2 aromatic rings. The first kappa shape index (κ1) is 13.4. The number of para-hydroxylation sites is 1. The molecule has 0 heterocycles. The molecule has 100 valence electrons. The van der Waals surface area contributed by atoms with E-state index in [1.807, 2.05) is 6.07 Å². The maximum atomic E-state index is 12.1. The van der Waals surface area contributed by atoms with Crippen LogP contribution in [-0.4, -0.2) is 15.5 Å². The fourth-order valence-electron chi connectivity index (χ4n) is 1.56. The molecular weight excluding hydrogens is 264 g/mol. The SMILES string of the molecule is COc1ccc(S(=O)(=O)Oc2ccccc2C)cc1. The Bertz CT molecular complexity index is 660. The Balaban J connectivity index is 2.30. The van der Waals surface area contributed by atoms with Gasteiger partial charge in [-0.05, 0) is 42.8 Å². The van der Waals surface area contributed by atoms with Crippen LogP contribution in [0.2, 0.25) is 0 Å². The van der Waals surface area contributed by atoms with Crippen LogP contribution in [0.15, 0.2) is 53.4 Å². The van der Waals surface area contributed by atoms with Crippen molar-refractivity contribution in [2.45, 2.75) is 11.8 Å². The summed E-state index contributed by atoms with van der Waals surface area (Å²) in [4.78, 5) is 0.0940. The van der Waals surface area contributed by atoms with Gasteiger partial charge in [0, 0.05) is 0 Å². The molecule has 0 aliphatic carbocycles. The van der Waals surface area contributed by atoms with Crippen molar-refractivity contribution >= 4 is 10.1 Å². The minimum absolute atomic E-state index is 0.0940. The van der Waals surface area contributed by atoms with Crippen LogP contribution in [0.5, 0.6) is 11.5 Å². The van der Waals surface area contributed by atoms with Gasteiger partial charge < -0.3 is 8.92 Å². The lowest BCUT2D eigenvalue weighted by molar-refractivity contribution is 0.414. The van der Waals surface area contributed by atoms with Gasteiger partial charge in [-0.15, -0.1) is 0 Å². The molecule has 2 rings (SSSR count). The van der Waals surface area contributed by atoms with Gasteiger partial charge in [-0.2, -0.15) is 8.42 Å². The van der Waals surface area contributed by atoms with Crippen molar-refractivity contribution in [1.82, 2.24) is 0 Å². The van der Waals surface area contributed by atoms with Gasteiger partial charge in [-0.3, -0.25) is 0 Å². The normalized spacial score (nSPS) is 11.1. The Morgan fingerprint density at radius 2 is 1.58 bits per heavy atom. The molecule has 19 heavy (non-hydrogen) atoms.